The van der Waals surface area contributed by atoms with E-state index in [2.05, 4.69) is 33.2 Å². The number of carbonyl (C=O) groups excluding carboxylic acids is 1. The Morgan fingerprint density at radius 1 is 1.24 bits per heavy atom. The largest absolute Gasteiger partial charge is 0.341 e. The van der Waals surface area contributed by atoms with Gasteiger partial charge in [-0.05, 0) is 24.8 Å². The molecule has 3 unspecified atom stereocenters. The van der Waals surface area contributed by atoms with Gasteiger partial charge >= 0.3 is 0 Å². The third kappa shape index (κ3) is 3.29. The van der Waals surface area contributed by atoms with Gasteiger partial charge in [-0.2, -0.15) is 0 Å². The molecule has 0 aliphatic carbocycles. The van der Waals surface area contributed by atoms with Gasteiger partial charge in [0.2, 0.25) is 5.91 Å². The summed E-state index contributed by atoms with van der Waals surface area (Å²) in [5.74, 6) is 1.42. The summed E-state index contributed by atoms with van der Waals surface area (Å²) in [4.78, 5) is 14.9. The average molecular weight is 340 g/mol. The number of benzene rings is 1. The van der Waals surface area contributed by atoms with Gasteiger partial charge in [0.05, 0.1) is 0 Å². The fourth-order valence-electron chi connectivity index (χ4n) is 3.89. The maximum atomic E-state index is 13.0. The molecular formula is C18H24N6O. The molecule has 0 bridgehead atoms. The van der Waals surface area contributed by atoms with Crippen molar-refractivity contribution < 1.29 is 4.79 Å². The average Bonchev–Trinajstić information content (AvgIpc) is 3.31. The Labute approximate surface area is 147 Å². The number of hydrogen-bond donors (Lipinski definition) is 2. The van der Waals surface area contributed by atoms with Gasteiger partial charge in [0.25, 0.3) is 0 Å². The van der Waals surface area contributed by atoms with Gasteiger partial charge in [-0.3, -0.25) is 4.79 Å². The van der Waals surface area contributed by atoms with Crippen LogP contribution < -0.4 is 10.9 Å². The van der Waals surface area contributed by atoms with Crippen LogP contribution in [0.2, 0.25) is 0 Å². The van der Waals surface area contributed by atoms with E-state index in [1.807, 2.05) is 34.7 Å². The molecule has 2 aromatic rings. The summed E-state index contributed by atoms with van der Waals surface area (Å²) in [5, 5.41) is 8.20. The quantitative estimate of drug-likeness (QED) is 0.876. The van der Waals surface area contributed by atoms with Crippen LogP contribution in [0.1, 0.15) is 42.6 Å². The smallest absolute Gasteiger partial charge is 0.241 e. The number of hydrazine groups is 1. The number of rotatable bonds is 3. The molecule has 2 fully saturated rings. The van der Waals surface area contributed by atoms with E-state index in [-0.39, 0.29) is 23.9 Å². The van der Waals surface area contributed by atoms with E-state index in [1.165, 1.54) is 5.56 Å². The molecule has 7 heteroatoms. The fourth-order valence-corrected chi connectivity index (χ4v) is 3.89. The van der Waals surface area contributed by atoms with Crippen LogP contribution in [0.25, 0.3) is 0 Å². The van der Waals surface area contributed by atoms with Crippen molar-refractivity contribution in [3.8, 4) is 0 Å². The number of carbonyl (C=O) groups is 1. The second kappa shape index (κ2) is 6.93. The molecule has 1 amide bonds. The molecule has 4 rings (SSSR count). The number of hydrogen-bond acceptors (Lipinski definition) is 5. The van der Waals surface area contributed by atoms with Gasteiger partial charge in [0.15, 0.2) is 0 Å². The van der Waals surface area contributed by atoms with Crippen LogP contribution in [0.15, 0.2) is 36.7 Å². The van der Waals surface area contributed by atoms with E-state index in [9.17, 15) is 4.79 Å². The Balaban J connectivity index is 1.40. The van der Waals surface area contributed by atoms with Crippen LogP contribution in [0.4, 0.5) is 0 Å². The summed E-state index contributed by atoms with van der Waals surface area (Å²) < 4.78 is 1.96. The molecule has 2 N–H and O–H groups in total. The summed E-state index contributed by atoms with van der Waals surface area (Å²) in [6.07, 6.45) is 4.56. The minimum Gasteiger partial charge on any atom is -0.341 e. The van der Waals surface area contributed by atoms with Gasteiger partial charge in [-0.1, -0.05) is 30.3 Å². The monoisotopic (exact) mass is 340 g/mol. The van der Waals surface area contributed by atoms with E-state index < -0.39 is 0 Å². The van der Waals surface area contributed by atoms with Gasteiger partial charge in [-0.25, -0.2) is 10.9 Å². The molecule has 2 saturated heterocycles. The Kier molecular flexibility index (Phi) is 4.50. The van der Waals surface area contributed by atoms with Crippen molar-refractivity contribution in [2.45, 2.75) is 37.3 Å². The molecule has 25 heavy (non-hydrogen) atoms. The molecule has 132 valence electrons. The topological polar surface area (TPSA) is 75.1 Å². The molecule has 1 aromatic carbocycles. The highest BCUT2D eigenvalue weighted by atomic mass is 16.2. The lowest BCUT2D eigenvalue weighted by Gasteiger charge is -2.33. The number of nitrogens with zero attached hydrogens (tertiary/aromatic N) is 4. The summed E-state index contributed by atoms with van der Waals surface area (Å²) in [5.41, 5.74) is 7.66. The summed E-state index contributed by atoms with van der Waals surface area (Å²) in [6, 6.07) is 10.3. The van der Waals surface area contributed by atoms with Gasteiger partial charge < -0.3 is 9.47 Å². The summed E-state index contributed by atoms with van der Waals surface area (Å²) in [7, 11) is 1.96. The first kappa shape index (κ1) is 16.2. The molecule has 0 radical (unpaired) electrons. The molecule has 1 aromatic heterocycles. The van der Waals surface area contributed by atoms with Crippen LogP contribution >= 0.6 is 0 Å². The number of amides is 1. The van der Waals surface area contributed by atoms with Crippen molar-refractivity contribution in [1.82, 2.24) is 30.5 Å². The molecule has 0 spiro atoms. The van der Waals surface area contributed by atoms with Gasteiger partial charge in [0.1, 0.15) is 18.2 Å². The third-order valence-electron chi connectivity index (χ3n) is 5.25. The fraction of sp³-hybridized carbons (Fsp3) is 0.500. The van der Waals surface area contributed by atoms with E-state index in [0.717, 1.165) is 38.2 Å². The highest BCUT2D eigenvalue weighted by Crippen LogP contribution is 2.28. The van der Waals surface area contributed by atoms with Gasteiger partial charge in [-0.15, -0.1) is 10.2 Å². The van der Waals surface area contributed by atoms with Crippen molar-refractivity contribution >= 4 is 5.91 Å². The molecule has 3 heterocycles. The number of aromatic nitrogens is 3. The molecule has 2 aliphatic rings. The first-order valence-corrected chi connectivity index (χ1v) is 8.91. The SMILES string of the molecule is Cn1cnnc1C1CCCN(C(=O)C2CC(c3ccccc3)NN2)C1. The summed E-state index contributed by atoms with van der Waals surface area (Å²) >= 11 is 0. The van der Waals surface area contributed by atoms with Crippen LogP contribution in [0.5, 0.6) is 0 Å². The zero-order chi connectivity index (χ0) is 17.2. The van der Waals surface area contributed by atoms with Crippen LogP contribution in [0.3, 0.4) is 0 Å². The van der Waals surface area contributed by atoms with Crippen molar-refractivity contribution in [2.24, 2.45) is 7.05 Å². The van der Waals surface area contributed by atoms with Crippen LogP contribution in [0, 0.1) is 0 Å². The van der Waals surface area contributed by atoms with Crippen LogP contribution in [-0.2, 0) is 11.8 Å². The van der Waals surface area contributed by atoms with Crippen molar-refractivity contribution in [3.05, 3.63) is 48.0 Å². The van der Waals surface area contributed by atoms with Crippen molar-refractivity contribution in [3.63, 3.8) is 0 Å². The Morgan fingerprint density at radius 3 is 2.84 bits per heavy atom. The lowest BCUT2D eigenvalue weighted by Crippen LogP contribution is -2.48. The molecule has 0 saturated carbocycles. The first-order chi connectivity index (χ1) is 12.2. The van der Waals surface area contributed by atoms with E-state index in [4.69, 9.17) is 0 Å². The predicted octanol–water partition coefficient (Wildman–Crippen LogP) is 1.13. The Bertz CT molecular complexity index is 730. The third-order valence-corrected chi connectivity index (χ3v) is 5.25. The lowest BCUT2D eigenvalue weighted by atomic mass is 9.95. The maximum absolute atomic E-state index is 13.0. The maximum Gasteiger partial charge on any atom is 0.241 e. The van der Waals surface area contributed by atoms with Gasteiger partial charge in [0, 0.05) is 32.1 Å². The number of aryl methyl sites for hydroxylation is 1. The number of likely N-dealkylation sites (tertiary alicyclic amines) is 1. The normalized spacial score (nSPS) is 26.8. The van der Waals surface area contributed by atoms with Crippen molar-refractivity contribution in [2.75, 3.05) is 13.1 Å². The summed E-state index contributed by atoms with van der Waals surface area (Å²) in [6.45, 7) is 1.54. The predicted molar refractivity (Wildman–Crippen MR) is 93.4 cm³/mol. The zero-order valence-corrected chi connectivity index (χ0v) is 14.4. The minimum atomic E-state index is -0.177. The number of piperidine rings is 1. The first-order valence-electron chi connectivity index (χ1n) is 8.91. The number of nitrogens with one attached hydrogen (secondary N) is 2. The minimum absolute atomic E-state index is 0.175. The second-order valence-corrected chi connectivity index (χ2v) is 6.96. The molecule has 3 atom stereocenters. The molecule has 2 aliphatic heterocycles. The van der Waals surface area contributed by atoms with Crippen LogP contribution in [-0.4, -0.2) is 44.7 Å². The lowest BCUT2D eigenvalue weighted by molar-refractivity contribution is -0.134. The standard InChI is InChI=1S/C18H24N6O/c1-23-12-19-22-17(23)14-8-5-9-24(11-14)18(25)16-10-15(20-21-16)13-6-3-2-4-7-13/h2-4,6-7,12,14-16,20-21H,5,8-11H2,1H3. The zero-order valence-electron chi connectivity index (χ0n) is 14.4. The molecule has 7 nitrogen and oxygen atoms in total. The Hall–Kier alpha value is -2.25. The van der Waals surface area contributed by atoms with E-state index in [0.29, 0.717) is 0 Å². The van der Waals surface area contributed by atoms with E-state index >= 15 is 0 Å². The molecular weight excluding hydrogens is 316 g/mol. The highest BCUT2D eigenvalue weighted by Gasteiger charge is 2.35. The highest BCUT2D eigenvalue weighted by molar-refractivity contribution is 5.82. The second-order valence-electron chi connectivity index (χ2n) is 6.96. The van der Waals surface area contributed by atoms with Crippen molar-refractivity contribution in [1.29, 1.82) is 0 Å². The Morgan fingerprint density at radius 2 is 2.08 bits per heavy atom. The van der Waals surface area contributed by atoms with E-state index in [1.54, 1.807) is 6.33 Å².